The molecule has 0 bridgehead atoms. The quantitative estimate of drug-likeness (QED) is 0.748. The standard InChI is InChI=1S/C18H21N3O2S/c1-3-12-21-17(13-8-10-14(23-2)11-9-13)19-20-18(21)24-16-7-5-4-6-15(16)22/h3,8-11,16H,1,4-7,12H2,2H3. The number of hydrogen-bond acceptors (Lipinski definition) is 5. The summed E-state index contributed by atoms with van der Waals surface area (Å²) in [6, 6.07) is 7.73. The zero-order valence-corrected chi connectivity index (χ0v) is 14.6. The first kappa shape index (κ1) is 16.8. The molecule has 1 aromatic carbocycles. The van der Waals surface area contributed by atoms with Gasteiger partial charge in [0.1, 0.15) is 11.5 Å². The fraction of sp³-hybridized carbons (Fsp3) is 0.389. The summed E-state index contributed by atoms with van der Waals surface area (Å²) < 4.78 is 7.21. The molecule has 1 aliphatic carbocycles. The molecule has 6 heteroatoms. The molecule has 1 unspecified atom stereocenters. The van der Waals surface area contributed by atoms with Gasteiger partial charge in [0.15, 0.2) is 11.0 Å². The van der Waals surface area contributed by atoms with Crippen molar-refractivity contribution in [3.8, 4) is 17.1 Å². The summed E-state index contributed by atoms with van der Waals surface area (Å²) in [5.41, 5.74) is 0.965. The largest absolute Gasteiger partial charge is 0.497 e. The third-order valence-corrected chi connectivity index (χ3v) is 5.42. The number of methoxy groups -OCH3 is 1. The minimum Gasteiger partial charge on any atom is -0.497 e. The van der Waals surface area contributed by atoms with Crippen molar-refractivity contribution in [1.82, 2.24) is 14.8 Å². The highest BCUT2D eigenvalue weighted by molar-refractivity contribution is 8.00. The maximum absolute atomic E-state index is 12.1. The molecule has 0 amide bonds. The van der Waals surface area contributed by atoms with Crippen LogP contribution >= 0.6 is 11.8 Å². The fourth-order valence-corrected chi connectivity index (χ4v) is 3.99. The van der Waals surface area contributed by atoms with E-state index in [4.69, 9.17) is 4.74 Å². The van der Waals surface area contributed by atoms with Crippen LogP contribution in [0.5, 0.6) is 5.75 Å². The Bertz CT molecular complexity index is 724. The molecule has 1 saturated carbocycles. The van der Waals surface area contributed by atoms with Crippen LogP contribution in [0.2, 0.25) is 0 Å². The lowest BCUT2D eigenvalue weighted by Gasteiger charge is -2.19. The van der Waals surface area contributed by atoms with E-state index < -0.39 is 0 Å². The lowest BCUT2D eigenvalue weighted by atomic mass is 9.99. The fourth-order valence-electron chi connectivity index (χ4n) is 2.83. The van der Waals surface area contributed by atoms with Crippen LogP contribution in [0.1, 0.15) is 25.7 Å². The second-order valence-electron chi connectivity index (χ2n) is 5.75. The van der Waals surface area contributed by atoms with E-state index in [9.17, 15) is 4.79 Å². The monoisotopic (exact) mass is 343 g/mol. The van der Waals surface area contributed by atoms with Crippen molar-refractivity contribution >= 4 is 17.5 Å². The zero-order chi connectivity index (χ0) is 16.9. The van der Waals surface area contributed by atoms with Gasteiger partial charge in [-0.25, -0.2) is 0 Å². The molecular formula is C18H21N3O2S. The first-order valence-electron chi connectivity index (χ1n) is 8.11. The number of nitrogens with zero attached hydrogens (tertiary/aromatic N) is 3. The molecule has 0 saturated heterocycles. The van der Waals surface area contributed by atoms with Crippen LogP contribution in [-0.4, -0.2) is 32.9 Å². The lowest BCUT2D eigenvalue weighted by molar-refractivity contribution is -0.119. The summed E-state index contributed by atoms with van der Waals surface area (Å²) in [5.74, 6) is 1.91. The number of carbonyl (C=O) groups excluding carboxylic acids is 1. The molecule has 1 heterocycles. The average Bonchev–Trinajstić information content (AvgIpc) is 3.00. The van der Waals surface area contributed by atoms with Gasteiger partial charge in [-0.15, -0.1) is 16.8 Å². The molecular weight excluding hydrogens is 322 g/mol. The van der Waals surface area contributed by atoms with Crippen molar-refractivity contribution in [3.05, 3.63) is 36.9 Å². The molecule has 3 rings (SSSR count). The lowest BCUT2D eigenvalue weighted by Crippen LogP contribution is -2.21. The SMILES string of the molecule is C=CCn1c(SC2CCCCC2=O)nnc1-c1ccc(OC)cc1. The molecule has 0 N–H and O–H groups in total. The smallest absolute Gasteiger partial charge is 0.192 e. The molecule has 2 aromatic rings. The van der Waals surface area contributed by atoms with Gasteiger partial charge in [0.2, 0.25) is 0 Å². The highest BCUT2D eigenvalue weighted by Crippen LogP contribution is 2.33. The van der Waals surface area contributed by atoms with Crippen molar-refractivity contribution in [2.24, 2.45) is 0 Å². The molecule has 126 valence electrons. The summed E-state index contributed by atoms with van der Waals surface area (Å²) >= 11 is 1.53. The van der Waals surface area contributed by atoms with Crippen molar-refractivity contribution in [2.45, 2.75) is 42.6 Å². The van der Waals surface area contributed by atoms with Gasteiger partial charge in [-0.1, -0.05) is 24.3 Å². The minimum atomic E-state index is -0.00441. The number of rotatable bonds is 6. The van der Waals surface area contributed by atoms with Crippen LogP contribution < -0.4 is 4.74 Å². The molecule has 0 radical (unpaired) electrons. The van der Waals surface area contributed by atoms with E-state index in [1.54, 1.807) is 7.11 Å². The predicted molar refractivity (Wildman–Crippen MR) is 95.3 cm³/mol. The van der Waals surface area contributed by atoms with Crippen LogP contribution in [0.4, 0.5) is 0 Å². The van der Waals surface area contributed by atoms with Crippen LogP contribution in [0.15, 0.2) is 42.1 Å². The van der Waals surface area contributed by atoms with Crippen LogP contribution in [-0.2, 0) is 11.3 Å². The molecule has 1 aromatic heterocycles. The zero-order valence-electron chi connectivity index (χ0n) is 13.8. The van der Waals surface area contributed by atoms with Gasteiger partial charge < -0.3 is 4.74 Å². The van der Waals surface area contributed by atoms with Gasteiger partial charge in [-0.05, 0) is 37.1 Å². The van der Waals surface area contributed by atoms with E-state index in [0.717, 1.165) is 41.6 Å². The summed E-state index contributed by atoms with van der Waals surface area (Å²) in [5, 5.41) is 9.44. The van der Waals surface area contributed by atoms with Gasteiger partial charge in [-0.3, -0.25) is 9.36 Å². The maximum atomic E-state index is 12.1. The van der Waals surface area contributed by atoms with E-state index in [1.807, 2.05) is 34.9 Å². The Morgan fingerprint density at radius 2 is 2.12 bits per heavy atom. The summed E-state index contributed by atoms with van der Waals surface area (Å²) in [7, 11) is 1.64. The van der Waals surface area contributed by atoms with Crippen molar-refractivity contribution in [2.75, 3.05) is 7.11 Å². The van der Waals surface area contributed by atoms with E-state index in [2.05, 4.69) is 16.8 Å². The number of thioether (sulfide) groups is 1. The molecule has 1 fully saturated rings. The number of aromatic nitrogens is 3. The molecule has 1 aliphatic rings. The first-order chi connectivity index (χ1) is 11.7. The molecule has 5 nitrogen and oxygen atoms in total. The first-order valence-corrected chi connectivity index (χ1v) is 8.98. The summed E-state index contributed by atoms with van der Waals surface area (Å²) in [4.78, 5) is 12.1. The van der Waals surface area contributed by atoms with Gasteiger partial charge in [0.05, 0.1) is 12.4 Å². The highest BCUT2D eigenvalue weighted by Gasteiger charge is 2.26. The number of hydrogen-bond donors (Lipinski definition) is 0. The minimum absolute atomic E-state index is 0.00441. The van der Waals surface area contributed by atoms with Gasteiger partial charge in [0, 0.05) is 18.5 Å². The van der Waals surface area contributed by atoms with E-state index in [-0.39, 0.29) is 5.25 Å². The Kier molecular flexibility index (Phi) is 5.35. The third-order valence-electron chi connectivity index (χ3n) is 4.12. The second-order valence-corrected chi connectivity index (χ2v) is 6.92. The van der Waals surface area contributed by atoms with E-state index in [0.29, 0.717) is 18.7 Å². The normalized spacial score (nSPS) is 17.7. The van der Waals surface area contributed by atoms with E-state index >= 15 is 0 Å². The maximum Gasteiger partial charge on any atom is 0.192 e. The Labute approximate surface area is 146 Å². The molecule has 0 spiro atoms. The van der Waals surface area contributed by atoms with Gasteiger partial charge in [0.25, 0.3) is 0 Å². The van der Waals surface area contributed by atoms with Crippen molar-refractivity contribution in [3.63, 3.8) is 0 Å². The molecule has 24 heavy (non-hydrogen) atoms. The number of benzene rings is 1. The second kappa shape index (κ2) is 7.66. The molecule has 1 atom stereocenters. The Morgan fingerprint density at radius 3 is 2.79 bits per heavy atom. The van der Waals surface area contributed by atoms with Crippen LogP contribution in [0, 0.1) is 0 Å². The Morgan fingerprint density at radius 1 is 1.33 bits per heavy atom. The van der Waals surface area contributed by atoms with E-state index in [1.165, 1.54) is 11.8 Å². The molecule has 0 aliphatic heterocycles. The number of ether oxygens (including phenoxy) is 1. The number of ketones is 1. The highest BCUT2D eigenvalue weighted by atomic mass is 32.2. The topological polar surface area (TPSA) is 57.0 Å². The third kappa shape index (κ3) is 3.53. The van der Waals surface area contributed by atoms with Crippen LogP contribution in [0.3, 0.4) is 0 Å². The predicted octanol–water partition coefficient (Wildman–Crippen LogP) is 3.74. The average molecular weight is 343 g/mol. The van der Waals surface area contributed by atoms with Gasteiger partial charge >= 0.3 is 0 Å². The number of carbonyl (C=O) groups is 1. The van der Waals surface area contributed by atoms with Crippen LogP contribution in [0.25, 0.3) is 11.4 Å². The Balaban J connectivity index is 1.88. The number of allylic oxidation sites excluding steroid dienone is 1. The summed E-state index contributed by atoms with van der Waals surface area (Å²) in [6.45, 7) is 4.44. The van der Waals surface area contributed by atoms with Crippen molar-refractivity contribution in [1.29, 1.82) is 0 Å². The van der Waals surface area contributed by atoms with Crippen molar-refractivity contribution < 1.29 is 9.53 Å². The Hall–Kier alpha value is -2.08. The van der Waals surface area contributed by atoms with Gasteiger partial charge in [-0.2, -0.15) is 0 Å². The summed E-state index contributed by atoms with van der Waals surface area (Å²) in [6.07, 6.45) is 5.53. The number of Topliss-reactive ketones (excluding diaryl/α,β-unsaturated/α-hetero) is 1.